The number of hydrogen-bond acceptors (Lipinski definition) is 5. The van der Waals surface area contributed by atoms with Crippen LogP contribution in [0.5, 0.6) is 5.75 Å². The lowest BCUT2D eigenvalue weighted by molar-refractivity contribution is 0.0512. The zero-order valence-corrected chi connectivity index (χ0v) is 16.4. The number of benzene rings is 1. The normalized spacial score (nSPS) is 24.2. The molecule has 2 aliphatic heterocycles. The second-order valence-electron chi connectivity index (χ2n) is 7.57. The summed E-state index contributed by atoms with van der Waals surface area (Å²) in [6, 6.07) is 8.00. The number of carbonyl (C=O) groups excluding carboxylic acids is 1. The molecule has 7 nitrogen and oxygen atoms in total. The molecule has 0 radical (unpaired) electrons. The molecule has 0 unspecified atom stereocenters. The molecule has 0 saturated carbocycles. The molecule has 0 spiro atoms. The number of aliphatic hydroxyl groups excluding tert-OH is 1. The van der Waals surface area contributed by atoms with Crippen molar-refractivity contribution in [2.24, 2.45) is 0 Å². The summed E-state index contributed by atoms with van der Waals surface area (Å²) in [4.78, 5) is 18.8. The molecule has 0 aromatic heterocycles. The molecule has 2 aliphatic rings. The fourth-order valence-corrected chi connectivity index (χ4v) is 3.88. The lowest BCUT2D eigenvalue weighted by Gasteiger charge is -2.37. The number of ether oxygens (including phenoxy) is 1. The quantitative estimate of drug-likeness (QED) is 0.713. The van der Waals surface area contributed by atoms with E-state index in [-0.39, 0.29) is 12.1 Å². The predicted octanol–water partition coefficient (Wildman–Crippen LogP) is 0.630. The first-order valence-corrected chi connectivity index (χ1v) is 9.83. The molecule has 2 N–H and O–H groups in total. The number of likely N-dealkylation sites (tertiary alicyclic amines) is 1. The maximum Gasteiger partial charge on any atom is 0.317 e. The third-order valence-corrected chi connectivity index (χ3v) is 5.61. The van der Waals surface area contributed by atoms with Gasteiger partial charge in [-0.15, -0.1) is 0 Å². The van der Waals surface area contributed by atoms with Crippen LogP contribution in [-0.2, 0) is 6.42 Å². The topological polar surface area (TPSA) is 68.3 Å². The van der Waals surface area contributed by atoms with E-state index in [1.807, 2.05) is 18.2 Å². The Labute approximate surface area is 161 Å². The van der Waals surface area contributed by atoms with Gasteiger partial charge in [0.25, 0.3) is 0 Å². The molecule has 1 aromatic carbocycles. The summed E-state index contributed by atoms with van der Waals surface area (Å²) in [5.74, 6) is 0.859. The molecule has 0 bridgehead atoms. The molecule has 2 atom stereocenters. The number of aryl methyl sites for hydroxylation is 1. The van der Waals surface area contributed by atoms with Crippen molar-refractivity contribution in [2.75, 3.05) is 60.0 Å². The van der Waals surface area contributed by atoms with Crippen LogP contribution in [0.1, 0.15) is 12.0 Å². The van der Waals surface area contributed by atoms with E-state index in [1.54, 1.807) is 12.0 Å². The van der Waals surface area contributed by atoms with Crippen molar-refractivity contribution < 1.29 is 14.6 Å². The van der Waals surface area contributed by atoms with E-state index in [0.717, 1.165) is 44.8 Å². The summed E-state index contributed by atoms with van der Waals surface area (Å²) < 4.78 is 5.24. The number of nitrogens with one attached hydrogen (secondary N) is 1. The Morgan fingerprint density at radius 3 is 2.78 bits per heavy atom. The molecule has 150 valence electrons. The number of carbonyl (C=O) groups is 1. The largest absolute Gasteiger partial charge is 0.497 e. The van der Waals surface area contributed by atoms with E-state index in [2.05, 4.69) is 28.2 Å². The molecule has 27 heavy (non-hydrogen) atoms. The average molecular weight is 377 g/mol. The summed E-state index contributed by atoms with van der Waals surface area (Å²) in [5, 5.41) is 13.4. The SMILES string of the molecule is COc1cccc(CCCNC(=O)N2C[C@H](O)[C@@H](N3CCN(C)CC3)C2)c1. The minimum atomic E-state index is -0.462. The highest BCUT2D eigenvalue weighted by Crippen LogP contribution is 2.18. The Bertz CT molecular complexity index is 619. The van der Waals surface area contributed by atoms with Gasteiger partial charge in [0.05, 0.1) is 19.3 Å². The smallest absolute Gasteiger partial charge is 0.317 e. The summed E-state index contributed by atoms with van der Waals surface area (Å²) in [6.45, 7) is 5.58. The van der Waals surface area contributed by atoms with Gasteiger partial charge in [-0.05, 0) is 37.6 Å². The van der Waals surface area contributed by atoms with Crippen LogP contribution in [0.2, 0.25) is 0 Å². The highest BCUT2D eigenvalue weighted by Gasteiger charge is 2.38. The van der Waals surface area contributed by atoms with Crippen molar-refractivity contribution in [3.63, 3.8) is 0 Å². The Morgan fingerprint density at radius 2 is 2.04 bits per heavy atom. The van der Waals surface area contributed by atoms with Crippen molar-refractivity contribution in [1.82, 2.24) is 20.0 Å². The van der Waals surface area contributed by atoms with Gasteiger partial charge >= 0.3 is 6.03 Å². The van der Waals surface area contributed by atoms with Gasteiger partial charge in [0, 0.05) is 45.8 Å². The van der Waals surface area contributed by atoms with Gasteiger partial charge in [-0.1, -0.05) is 12.1 Å². The van der Waals surface area contributed by atoms with E-state index in [9.17, 15) is 9.90 Å². The van der Waals surface area contributed by atoms with Gasteiger partial charge in [0.2, 0.25) is 0 Å². The molecule has 7 heteroatoms. The van der Waals surface area contributed by atoms with E-state index >= 15 is 0 Å². The van der Waals surface area contributed by atoms with Crippen LogP contribution in [0.25, 0.3) is 0 Å². The predicted molar refractivity (Wildman–Crippen MR) is 105 cm³/mol. The Morgan fingerprint density at radius 1 is 1.26 bits per heavy atom. The maximum atomic E-state index is 12.4. The number of rotatable bonds is 6. The molecule has 2 amide bonds. The van der Waals surface area contributed by atoms with E-state index in [0.29, 0.717) is 19.6 Å². The van der Waals surface area contributed by atoms with Crippen LogP contribution in [0.4, 0.5) is 4.79 Å². The number of aliphatic hydroxyl groups is 1. The zero-order chi connectivity index (χ0) is 19.2. The van der Waals surface area contributed by atoms with Crippen LogP contribution in [0.15, 0.2) is 24.3 Å². The number of methoxy groups -OCH3 is 1. The Hall–Kier alpha value is -1.83. The average Bonchev–Trinajstić information content (AvgIpc) is 3.07. The zero-order valence-electron chi connectivity index (χ0n) is 16.4. The van der Waals surface area contributed by atoms with Crippen molar-refractivity contribution in [3.8, 4) is 5.75 Å². The number of nitrogens with zero attached hydrogens (tertiary/aromatic N) is 3. The van der Waals surface area contributed by atoms with E-state index in [1.165, 1.54) is 5.56 Å². The minimum absolute atomic E-state index is 0.0567. The molecular formula is C20H32N4O3. The highest BCUT2D eigenvalue weighted by atomic mass is 16.5. The van der Waals surface area contributed by atoms with Crippen molar-refractivity contribution in [2.45, 2.75) is 25.0 Å². The summed E-state index contributed by atoms with van der Waals surface area (Å²) >= 11 is 0. The molecule has 0 aliphatic carbocycles. The number of urea groups is 1. The van der Waals surface area contributed by atoms with Crippen LogP contribution in [0, 0.1) is 0 Å². The minimum Gasteiger partial charge on any atom is -0.497 e. The van der Waals surface area contributed by atoms with Gasteiger partial charge in [-0.2, -0.15) is 0 Å². The Balaban J connectivity index is 1.39. The molecule has 2 fully saturated rings. The van der Waals surface area contributed by atoms with Gasteiger partial charge in [-0.25, -0.2) is 4.79 Å². The Kier molecular flexibility index (Phi) is 6.93. The van der Waals surface area contributed by atoms with Gasteiger partial charge < -0.3 is 25.0 Å². The maximum absolute atomic E-state index is 12.4. The summed E-state index contributed by atoms with van der Waals surface area (Å²) in [6.07, 6.45) is 1.30. The third kappa shape index (κ3) is 5.34. The van der Waals surface area contributed by atoms with Crippen LogP contribution in [0.3, 0.4) is 0 Å². The fourth-order valence-electron chi connectivity index (χ4n) is 3.88. The molecule has 2 heterocycles. The first-order valence-electron chi connectivity index (χ1n) is 9.83. The summed E-state index contributed by atoms with van der Waals surface area (Å²) in [7, 11) is 3.78. The number of piperazine rings is 1. The molecular weight excluding hydrogens is 344 g/mol. The first-order chi connectivity index (χ1) is 13.1. The van der Waals surface area contributed by atoms with Crippen molar-refractivity contribution in [1.29, 1.82) is 0 Å². The van der Waals surface area contributed by atoms with Crippen molar-refractivity contribution in [3.05, 3.63) is 29.8 Å². The number of likely N-dealkylation sites (N-methyl/N-ethyl adjacent to an activating group) is 1. The van der Waals surface area contributed by atoms with Gasteiger partial charge in [-0.3, -0.25) is 4.90 Å². The summed E-state index contributed by atoms with van der Waals surface area (Å²) in [5.41, 5.74) is 1.20. The molecule has 2 saturated heterocycles. The second-order valence-corrected chi connectivity index (χ2v) is 7.57. The second kappa shape index (κ2) is 9.39. The lowest BCUT2D eigenvalue weighted by Crippen LogP contribution is -2.52. The number of hydrogen-bond donors (Lipinski definition) is 2. The molecule has 3 rings (SSSR count). The highest BCUT2D eigenvalue weighted by molar-refractivity contribution is 5.74. The third-order valence-electron chi connectivity index (χ3n) is 5.61. The van der Waals surface area contributed by atoms with Crippen LogP contribution < -0.4 is 10.1 Å². The lowest BCUT2D eigenvalue weighted by atomic mass is 10.1. The van der Waals surface area contributed by atoms with E-state index < -0.39 is 6.10 Å². The fraction of sp³-hybridized carbons (Fsp3) is 0.650. The number of β-amino-alcohol motifs (C(OH)–C–C–N with tert-alkyl or cyclic N) is 1. The molecule has 1 aromatic rings. The monoisotopic (exact) mass is 376 g/mol. The van der Waals surface area contributed by atoms with Crippen LogP contribution >= 0.6 is 0 Å². The van der Waals surface area contributed by atoms with Crippen molar-refractivity contribution >= 4 is 6.03 Å². The van der Waals surface area contributed by atoms with Crippen LogP contribution in [-0.4, -0.2) is 98.0 Å². The van der Waals surface area contributed by atoms with Gasteiger partial charge in [0.15, 0.2) is 0 Å². The first kappa shape index (κ1) is 19.9. The standard InChI is InChI=1S/C20H32N4O3/c1-22-9-11-23(12-10-22)18-14-24(15-19(18)25)20(26)21-8-4-6-16-5-3-7-17(13-16)27-2/h3,5,7,13,18-19,25H,4,6,8-12,14-15H2,1-2H3,(H,21,26)/t18-,19-/m0/s1. The van der Waals surface area contributed by atoms with E-state index in [4.69, 9.17) is 4.74 Å². The van der Waals surface area contributed by atoms with Gasteiger partial charge in [0.1, 0.15) is 5.75 Å². The number of amides is 2.